The number of methoxy groups -OCH3 is 2. The molecule has 0 aliphatic heterocycles. The highest BCUT2D eigenvalue weighted by Crippen LogP contribution is 2.21. The Kier molecular flexibility index (Phi) is 17.2. The van der Waals surface area contributed by atoms with Gasteiger partial charge in [0.15, 0.2) is 0 Å². The summed E-state index contributed by atoms with van der Waals surface area (Å²) in [5.74, 6) is -1.51. The quantitative estimate of drug-likeness (QED) is 0.431. The number of ether oxygens (including phenoxy) is 2. The van der Waals surface area contributed by atoms with E-state index in [0.29, 0.717) is 6.42 Å². The minimum absolute atomic E-state index is 0.332. The van der Waals surface area contributed by atoms with E-state index in [-0.39, 0.29) is 17.9 Å². The molecule has 0 spiro atoms. The van der Waals surface area contributed by atoms with E-state index < -0.39 is 5.92 Å². The molecule has 0 heterocycles. The van der Waals surface area contributed by atoms with Crippen LogP contribution in [0.3, 0.4) is 0 Å². The summed E-state index contributed by atoms with van der Waals surface area (Å²) in [7, 11) is 2.66. The van der Waals surface area contributed by atoms with Gasteiger partial charge in [-0.25, -0.2) is 0 Å². The first-order chi connectivity index (χ1) is 10.5. The largest absolute Gasteiger partial charge is 0.469 e. The predicted molar refractivity (Wildman–Crippen MR) is 90.6 cm³/mol. The first-order valence-corrected chi connectivity index (χ1v) is 8.65. The van der Waals surface area contributed by atoms with Crippen LogP contribution in [0.25, 0.3) is 0 Å². The lowest BCUT2D eigenvalue weighted by Gasteiger charge is -2.19. The molecule has 0 radical (unpaired) electrons. The molecule has 132 valence electrons. The van der Waals surface area contributed by atoms with Gasteiger partial charge in [-0.1, -0.05) is 72.6 Å². The Morgan fingerprint density at radius 1 is 0.773 bits per heavy atom. The SMILES string of the molecule is CCCCC(C(=O)OC)C(C)C(=O)OC.CCCCCCC. The average molecular weight is 316 g/mol. The third-order valence-corrected chi connectivity index (χ3v) is 3.76. The standard InChI is InChI=1S/C11H20O4.C7H16/c1-5-6-7-9(11(13)15-4)8(2)10(12)14-3;1-3-5-7-6-4-2/h8-9H,5-7H2,1-4H3;3-7H2,1-2H3. The fourth-order valence-corrected chi connectivity index (χ4v) is 2.17. The van der Waals surface area contributed by atoms with Gasteiger partial charge in [0, 0.05) is 0 Å². The number of hydrogen-bond donors (Lipinski definition) is 0. The van der Waals surface area contributed by atoms with Crippen molar-refractivity contribution < 1.29 is 19.1 Å². The lowest BCUT2D eigenvalue weighted by molar-refractivity contribution is -0.157. The second kappa shape index (κ2) is 16.3. The molecule has 4 heteroatoms. The van der Waals surface area contributed by atoms with Gasteiger partial charge in [-0.15, -0.1) is 0 Å². The summed E-state index contributed by atoms with van der Waals surface area (Å²) in [4.78, 5) is 22.8. The van der Waals surface area contributed by atoms with Crippen LogP contribution in [0.5, 0.6) is 0 Å². The number of hydrogen-bond acceptors (Lipinski definition) is 4. The maximum Gasteiger partial charge on any atom is 0.309 e. The molecule has 4 nitrogen and oxygen atoms in total. The van der Waals surface area contributed by atoms with E-state index in [2.05, 4.69) is 23.3 Å². The van der Waals surface area contributed by atoms with Gasteiger partial charge in [0.25, 0.3) is 0 Å². The maximum atomic E-state index is 11.4. The smallest absolute Gasteiger partial charge is 0.309 e. The molecule has 0 bridgehead atoms. The number of carbonyl (C=O) groups is 2. The first kappa shape index (κ1) is 23.2. The van der Waals surface area contributed by atoms with Crippen molar-refractivity contribution in [3.63, 3.8) is 0 Å². The Morgan fingerprint density at radius 3 is 1.59 bits per heavy atom. The van der Waals surface area contributed by atoms with Gasteiger partial charge in [-0.3, -0.25) is 9.59 Å². The second-order valence-corrected chi connectivity index (χ2v) is 5.64. The molecule has 0 aliphatic carbocycles. The van der Waals surface area contributed by atoms with Crippen LogP contribution in [-0.4, -0.2) is 26.2 Å². The third-order valence-electron chi connectivity index (χ3n) is 3.76. The molecule has 22 heavy (non-hydrogen) atoms. The number of esters is 2. The zero-order chi connectivity index (χ0) is 17.4. The van der Waals surface area contributed by atoms with Crippen molar-refractivity contribution in [3.05, 3.63) is 0 Å². The molecule has 0 N–H and O–H groups in total. The molecule has 0 aromatic heterocycles. The highest BCUT2D eigenvalue weighted by atomic mass is 16.5. The van der Waals surface area contributed by atoms with E-state index in [4.69, 9.17) is 0 Å². The van der Waals surface area contributed by atoms with Crippen LogP contribution in [0.2, 0.25) is 0 Å². The minimum Gasteiger partial charge on any atom is -0.469 e. The maximum absolute atomic E-state index is 11.4. The van der Waals surface area contributed by atoms with Crippen LogP contribution in [0.1, 0.15) is 79.1 Å². The Balaban J connectivity index is 0. The first-order valence-electron chi connectivity index (χ1n) is 8.65. The molecule has 0 fully saturated rings. The van der Waals surface area contributed by atoms with Gasteiger partial charge in [0.1, 0.15) is 0 Å². The molecule has 0 aromatic carbocycles. The van der Waals surface area contributed by atoms with E-state index in [0.717, 1.165) is 12.8 Å². The fourth-order valence-electron chi connectivity index (χ4n) is 2.17. The lowest BCUT2D eigenvalue weighted by Crippen LogP contribution is -2.29. The van der Waals surface area contributed by atoms with Gasteiger partial charge in [0.05, 0.1) is 26.1 Å². The summed E-state index contributed by atoms with van der Waals surface area (Å²) < 4.78 is 9.30. The van der Waals surface area contributed by atoms with Gasteiger partial charge >= 0.3 is 11.9 Å². The molecule has 0 amide bonds. The highest BCUT2D eigenvalue weighted by molar-refractivity contribution is 5.81. The minimum atomic E-state index is -0.436. The molecule has 0 saturated carbocycles. The predicted octanol–water partition coefficient (Wildman–Crippen LogP) is 4.75. The van der Waals surface area contributed by atoms with Crippen molar-refractivity contribution in [2.45, 2.75) is 79.1 Å². The van der Waals surface area contributed by atoms with Crippen LogP contribution < -0.4 is 0 Å². The van der Waals surface area contributed by atoms with E-state index in [1.807, 2.05) is 6.92 Å². The molecule has 2 atom stereocenters. The number of unbranched alkanes of at least 4 members (excludes halogenated alkanes) is 5. The monoisotopic (exact) mass is 316 g/mol. The van der Waals surface area contributed by atoms with Crippen molar-refractivity contribution >= 4 is 11.9 Å². The fraction of sp³-hybridized carbons (Fsp3) is 0.889. The van der Waals surface area contributed by atoms with Gasteiger partial charge < -0.3 is 9.47 Å². The van der Waals surface area contributed by atoms with Crippen LogP contribution in [0.15, 0.2) is 0 Å². The molecular weight excluding hydrogens is 280 g/mol. The van der Waals surface area contributed by atoms with E-state index in [1.165, 1.54) is 46.3 Å². The van der Waals surface area contributed by atoms with Gasteiger partial charge in [-0.2, -0.15) is 0 Å². The van der Waals surface area contributed by atoms with E-state index >= 15 is 0 Å². The van der Waals surface area contributed by atoms with Crippen LogP contribution in [-0.2, 0) is 19.1 Å². The summed E-state index contributed by atoms with van der Waals surface area (Å²) in [5, 5.41) is 0. The van der Waals surface area contributed by atoms with E-state index in [1.54, 1.807) is 6.92 Å². The summed E-state index contributed by atoms with van der Waals surface area (Å²) in [6.45, 7) is 8.23. The zero-order valence-electron chi connectivity index (χ0n) is 15.4. The average Bonchev–Trinajstić information content (AvgIpc) is 2.54. The summed E-state index contributed by atoms with van der Waals surface area (Å²) >= 11 is 0. The van der Waals surface area contributed by atoms with Crippen molar-refractivity contribution in [2.75, 3.05) is 14.2 Å². The summed E-state index contributed by atoms with van der Waals surface area (Å²) in [6, 6.07) is 0. The van der Waals surface area contributed by atoms with Crippen LogP contribution in [0.4, 0.5) is 0 Å². The van der Waals surface area contributed by atoms with Crippen molar-refractivity contribution in [2.24, 2.45) is 11.8 Å². The van der Waals surface area contributed by atoms with Gasteiger partial charge in [-0.05, 0) is 6.42 Å². The zero-order valence-corrected chi connectivity index (χ0v) is 15.4. The van der Waals surface area contributed by atoms with Crippen LogP contribution >= 0.6 is 0 Å². The summed E-state index contributed by atoms with van der Waals surface area (Å²) in [5.41, 5.74) is 0. The lowest BCUT2D eigenvalue weighted by atomic mass is 9.89. The molecule has 0 saturated heterocycles. The molecule has 2 unspecified atom stereocenters. The summed E-state index contributed by atoms with van der Waals surface area (Å²) in [6.07, 6.45) is 9.57. The van der Waals surface area contributed by atoms with Crippen LogP contribution in [0, 0.1) is 11.8 Å². The molecular formula is C18H36O4. The Labute approximate surface area is 136 Å². The Morgan fingerprint density at radius 2 is 1.23 bits per heavy atom. The Bertz CT molecular complexity index is 272. The van der Waals surface area contributed by atoms with Crippen molar-refractivity contribution in [3.8, 4) is 0 Å². The second-order valence-electron chi connectivity index (χ2n) is 5.64. The molecule has 0 rings (SSSR count). The third kappa shape index (κ3) is 11.6. The van der Waals surface area contributed by atoms with Gasteiger partial charge in [0.2, 0.25) is 0 Å². The normalized spacial score (nSPS) is 12.6. The topological polar surface area (TPSA) is 52.6 Å². The number of carbonyl (C=O) groups excluding carboxylic acids is 2. The number of rotatable bonds is 10. The van der Waals surface area contributed by atoms with E-state index in [9.17, 15) is 9.59 Å². The highest BCUT2D eigenvalue weighted by Gasteiger charge is 2.30. The molecule has 0 aliphatic rings. The Hall–Kier alpha value is -1.06. The molecule has 0 aromatic rings. The van der Waals surface area contributed by atoms with Crippen molar-refractivity contribution in [1.82, 2.24) is 0 Å². The van der Waals surface area contributed by atoms with Crippen molar-refractivity contribution in [1.29, 1.82) is 0 Å².